The molecular weight excluding hydrogens is 390 g/mol. The van der Waals surface area contributed by atoms with E-state index < -0.39 is 6.29 Å². The molecule has 3 aromatic rings. The Balaban J connectivity index is 1.21. The summed E-state index contributed by atoms with van der Waals surface area (Å²) in [6.45, 7) is 2.91. The first-order chi connectivity index (χ1) is 14.1. The number of halogens is 1. The molecule has 5 rings (SSSR count). The SMILES string of the molecule is OC1C=C(NC2CCN(Cc3ccc4ocnc4c3)CC2)c2cc(Cl)ccc2O1. The van der Waals surface area contributed by atoms with Crippen molar-refractivity contribution in [1.82, 2.24) is 15.2 Å². The van der Waals surface area contributed by atoms with Gasteiger partial charge in [0.05, 0.1) is 0 Å². The normalized spacial score (nSPS) is 20.2. The van der Waals surface area contributed by atoms with E-state index in [0.717, 1.165) is 54.8 Å². The van der Waals surface area contributed by atoms with Crippen molar-refractivity contribution in [3.05, 3.63) is 65.0 Å². The lowest BCUT2D eigenvalue weighted by Crippen LogP contribution is -2.42. The number of rotatable bonds is 4. The lowest BCUT2D eigenvalue weighted by molar-refractivity contribution is 0.0220. The average molecular weight is 412 g/mol. The van der Waals surface area contributed by atoms with Gasteiger partial charge in [-0.1, -0.05) is 17.7 Å². The van der Waals surface area contributed by atoms with Gasteiger partial charge in [0.25, 0.3) is 0 Å². The van der Waals surface area contributed by atoms with E-state index in [1.54, 1.807) is 18.2 Å². The maximum absolute atomic E-state index is 10.00. The standard InChI is InChI=1S/C22H22ClN3O3/c23-15-2-4-20-17(10-15)18(11-22(27)29-20)25-16-5-7-26(8-6-16)12-14-1-3-21-19(9-14)24-13-28-21/h1-4,9-11,13,16,22,25,27H,5-8,12H2. The van der Waals surface area contributed by atoms with Crippen LogP contribution in [-0.2, 0) is 6.54 Å². The molecule has 0 bridgehead atoms. The summed E-state index contributed by atoms with van der Waals surface area (Å²) >= 11 is 6.16. The number of aromatic nitrogens is 1. The van der Waals surface area contributed by atoms with Crippen molar-refractivity contribution in [3.63, 3.8) is 0 Å². The third-order valence-corrected chi connectivity index (χ3v) is 5.77. The van der Waals surface area contributed by atoms with E-state index in [4.69, 9.17) is 20.8 Å². The zero-order valence-electron chi connectivity index (χ0n) is 15.8. The summed E-state index contributed by atoms with van der Waals surface area (Å²) in [5.41, 5.74) is 4.75. The molecule has 2 N–H and O–H groups in total. The molecule has 2 aromatic carbocycles. The van der Waals surface area contributed by atoms with Crippen molar-refractivity contribution >= 4 is 28.4 Å². The molecule has 1 aromatic heterocycles. The summed E-state index contributed by atoms with van der Waals surface area (Å²) in [7, 11) is 0. The number of aliphatic hydroxyl groups excluding tert-OH is 1. The van der Waals surface area contributed by atoms with Gasteiger partial charge in [-0.25, -0.2) is 4.98 Å². The Morgan fingerprint density at radius 3 is 2.90 bits per heavy atom. The number of ether oxygens (including phenoxy) is 1. The molecule has 0 aliphatic carbocycles. The molecule has 0 amide bonds. The van der Waals surface area contributed by atoms with Gasteiger partial charge >= 0.3 is 0 Å². The van der Waals surface area contributed by atoms with Crippen molar-refractivity contribution in [3.8, 4) is 5.75 Å². The van der Waals surface area contributed by atoms with Crippen molar-refractivity contribution < 1.29 is 14.3 Å². The smallest absolute Gasteiger partial charge is 0.219 e. The summed E-state index contributed by atoms with van der Waals surface area (Å²) in [5.74, 6) is 0.646. The highest BCUT2D eigenvalue weighted by molar-refractivity contribution is 6.30. The van der Waals surface area contributed by atoms with Crippen molar-refractivity contribution in [2.24, 2.45) is 0 Å². The maximum atomic E-state index is 10.00. The summed E-state index contributed by atoms with van der Waals surface area (Å²) in [6.07, 6.45) is 4.29. The largest absolute Gasteiger partial charge is 0.461 e. The Hall–Kier alpha value is -2.54. The molecule has 1 saturated heterocycles. The minimum Gasteiger partial charge on any atom is -0.461 e. The summed E-state index contributed by atoms with van der Waals surface area (Å²) < 4.78 is 10.8. The fourth-order valence-corrected chi connectivity index (χ4v) is 4.23. The third-order valence-electron chi connectivity index (χ3n) is 5.54. The summed E-state index contributed by atoms with van der Waals surface area (Å²) in [6, 6.07) is 12.0. The number of oxazole rings is 1. The highest BCUT2D eigenvalue weighted by Gasteiger charge is 2.24. The topological polar surface area (TPSA) is 70.8 Å². The molecule has 2 aliphatic rings. The van der Waals surface area contributed by atoms with Gasteiger partial charge in [-0.15, -0.1) is 0 Å². The molecule has 6 nitrogen and oxygen atoms in total. The molecule has 1 unspecified atom stereocenters. The number of likely N-dealkylation sites (tertiary alicyclic amines) is 1. The van der Waals surface area contributed by atoms with Gasteiger partial charge in [-0.05, 0) is 48.7 Å². The molecular formula is C22H22ClN3O3. The second-order valence-electron chi connectivity index (χ2n) is 7.58. The van der Waals surface area contributed by atoms with E-state index in [0.29, 0.717) is 16.8 Å². The lowest BCUT2D eigenvalue weighted by Gasteiger charge is -2.34. The average Bonchev–Trinajstić information content (AvgIpc) is 3.18. The van der Waals surface area contributed by atoms with Crippen LogP contribution in [0.5, 0.6) is 5.75 Å². The molecule has 0 radical (unpaired) electrons. The van der Waals surface area contributed by atoms with E-state index in [-0.39, 0.29) is 0 Å². The van der Waals surface area contributed by atoms with E-state index in [1.165, 1.54) is 12.0 Å². The summed E-state index contributed by atoms with van der Waals surface area (Å²) in [4.78, 5) is 6.69. The molecule has 29 heavy (non-hydrogen) atoms. The minimum absolute atomic E-state index is 0.340. The minimum atomic E-state index is -0.947. The fraction of sp³-hybridized carbons (Fsp3) is 0.318. The van der Waals surface area contributed by atoms with Crippen LogP contribution in [0.3, 0.4) is 0 Å². The molecule has 150 valence electrons. The Morgan fingerprint density at radius 2 is 2.03 bits per heavy atom. The predicted molar refractivity (Wildman–Crippen MR) is 112 cm³/mol. The third kappa shape index (κ3) is 3.96. The Kier molecular flexibility index (Phi) is 4.91. The molecule has 0 spiro atoms. The van der Waals surface area contributed by atoms with Crippen LogP contribution in [0.4, 0.5) is 0 Å². The number of hydrogen-bond donors (Lipinski definition) is 2. The first-order valence-electron chi connectivity index (χ1n) is 9.81. The van der Waals surface area contributed by atoms with E-state index in [1.807, 2.05) is 12.1 Å². The second-order valence-corrected chi connectivity index (χ2v) is 8.01. The molecule has 1 atom stereocenters. The maximum Gasteiger partial charge on any atom is 0.219 e. The molecule has 7 heteroatoms. The van der Waals surface area contributed by atoms with Gasteiger partial charge in [0, 0.05) is 48.0 Å². The number of benzene rings is 2. The van der Waals surface area contributed by atoms with Crippen LogP contribution >= 0.6 is 11.6 Å². The number of aliphatic hydroxyl groups is 1. The monoisotopic (exact) mass is 411 g/mol. The highest BCUT2D eigenvalue weighted by Crippen LogP contribution is 2.33. The van der Waals surface area contributed by atoms with E-state index >= 15 is 0 Å². The Labute approximate surface area is 173 Å². The fourth-order valence-electron chi connectivity index (χ4n) is 4.05. The molecule has 0 saturated carbocycles. The van der Waals surface area contributed by atoms with Gasteiger partial charge in [0.15, 0.2) is 12.0 Å². The van der Waals surface area contributed by atoms with Crippen LogP contribution < -0.4 is 10.1 Å². The quantitative estimate of drug-likeness (QED) is 0.680. The zero-order chi connectivity index (χ0) is 19.8. The van der Waals surface area contributed by atoms with Crippen LogP contribution in [-0.4, -0.2) is 40.4 Å². The van der Waals surface area contributed by atoms with Crippen LogP contribution in [0, 0.1) is 0 Å². The Morgan fingerprint density at radius 1 is 1.17 bits per heavy atom. The molecule has 1 fully saturated rings. The first kappa shape index (κ1) is 18.5. The second kappa shape index (κ2) is 7.71. The van der Waals surface area contributed by atoms with Crippen LogP contribution in [0.15, 0.2) is 53.3 Å². The van der Waals surface area contributed by atoms with E-state index in [2.05, 4.69) is 27.3 Å². The Bertz CT molecular complexity index is 1060. The first-order valence-corrected chi connectivity index (χ1v) is 10.2. The molecule has 3 heterocycles. The van der Waals surface area contributed by atoms with Gasteiger partial charge in [0.1, 0.15) is 11.3 Å². The number of fused-ring (bicyclic) bond motifs is 2. The van der Waals surface area contributed by atoms with Crippen molar-refractivity contribution in [2.75, 3.05) is 13.1 Å². The number of nitrogens with one attached hydrogen (secondary N) is 1. The number of hydrogen-bond acceptors (Lipinski definition) is 6. The highest BCUT2D eigenvalue weighted by atomic mass is 35.5. The van der Waals surface area contributed by atoms with Crippen molar-refractivity contribution in [1.29, 1.82) is 0 Å². The zero-order valence-corrected chi connectivity index (χ0v) is 16.6. The number of nitrogens with zero attached hydrogens (tertiary/aromatic N) is 2. The van der Waals surface area contributed by atoms with Crippen LogP contribution in [0.1, 0.15) is 24.0 Å². The number of piperidine rings is 1. The predicted octanol–water partition coefficient (Wildman–Crippen LogP) is 3.79. The molecule has 2 aliphatic heterocycles. The lowest BCUT2D eigenvalue weighted by atomic mass is 10.0. The van der Waals surface area contributed by atoms with Crippen LogP contribution in [0.25, 0.3) is 16.8 Å². The van der Waals surface area contributed by atoms with Crippen molar-refractivity contribution in [2.45, 2.75) is 31.7 Å². The van der Waals surface area contributed by atoms with Gasteiger partial charge in [-0.3, -0.25) is 4.90 Å². The van der Waals surface area contributed by atoms with Crippen LogP contribution in [0.2, 0.25) is 5.02 Å². The summed E-state index contributed by atoms with van der Waals surface area (Å²) in [5, 5.41) is 14.2. The van der Waals surface area contributed by atoms with Gasteiger partial charge < -0.3 is 19.6 Å². The van der Waals surface area contributed by atoms with E-state index in [9.17, 15) is 5.11 Å². The van der Waals surface area contributed by atoms with Gasteiger partial charge in [-0.2, -0.15) is 0 Å². The van der Waals surface area contributed by atoms with Gasteiger partial charge in [0.2, 0.25) is 6.29 Å².